The molecule has 1 heterocycles. The third-order valence-electron chi connectivity index (χ3n) is 3.77. The van der Waals surface area contributed by atoms with Crippen LogP contribution in [-0.4, -0.2) is 28.8 Å². The van der Waals surface area contributed by atoms with E-state index in [1.807, 2.05) is 17.9 Å². The molecule has 17 heavy (non-hydrogen) atoms. The molecule has 0 aliphatic heterocycles. The van der Waals surface area contributed by atoms with Crippen molar-refractivity contribution in [1.29, 1.82) is 0 Å². The number of aromatic nitrogens is 2. The first kappa shape index (κ1) is 12.9. The molecule has 3 nitrogen and oxygen atoms in total. The van der Waals surface area contributed by atoms with E-state index in [0.717, 1.165) is 37.2 Å². The second-order valence-electron chi connectivity index (χ2n) is 5.08. The van der Waals surface area contributed by atoms with E-state index in [2.05, 4.69) is 16.6 Å². The molecule has 1 aromatic heterocycles. The molecule has 2 rings (SSSR count). The van der Waals surface area contributed by atoms with Gasteiger partial charge in [0, 0.05) is 19.1 Å². The lowest BCUT2D eigenvalue weighted by atomic mass is 9.98. The zero-order chi connectivity index (χ0) is 12.1. The predicted octanol–water partition coefficient (Wildman–Crippen LogP) is 2.21. The van der Waals surface area contributed by atoms with Gasteiger partial charge in [-0.15, -0.1) is 11.6 Å². The lowest BCUT2D eigenvalue weighted by Gasteiger charge is -2.17. The maximum absolute atomic E-state index is 5.98. The van der Waals surface area contributed by atoms with Gasteiger partial charge in [0.2, 0.25) is 0 Å². The van der Waals surface area contributed by atoms with Crippen LogP contribution in [0.2, 0.25) is 0 Å². The minimum absolute atomic E-state index is 0.738. The van der Waals surface area contributed by atoms with E-state index < -0.39 is 0 Å². The molecule has 1 N–H and O–H groups in total. The summed E-state index contributed by atoms with van der Waals surface area (Å²) in [5.74, 6) is 2.36. The second-order valence-corrected chi connectivity index (χ2v) is 5.39. The van der Waals surface area contributed by atoms with Crippen molar-refractivity contribution in [3.05, 3.63) is 18.0 Å². The highest BCUT2D eigenvalue weighted by Gasteiger charge is 2.25. The molecule has 0 saturated heterocycles. The molecule has 0 amide bonds. The molecule has 0 radical (unpaired) electrons. The summed E-state index contributed by atoms with van der Waals surface area (Å²) in [5, 5.41) is 7.72. The molecule has 0 spiro atoms. The van der Waals surface area contributed by atoms with Gasteiger partial charge in [0.25, 0.3) is 0 Å². The van der Waals surface area contributed by atoms with E-state index >= 15 is 0 Å². The number of alkyl halides is 1. The smallest absolute Gasteiger partial charge is 0.0522 e. The molecule has 1 aliphatic carbocycles. The van der Waals surface area contributed by atoms with Gasteiger partial charge in [-0.3, -0.25) is 4.68 Å². The van der Waals surface area contributed by atoms with Crippen LogP contribution in [0.4, 0.5) is 0 Å². The first-order chi connectivity index (χ1) is 8.29. The lowest BCUT2D eigenvalue weighted by molar-refractivity contribution is 0.397. The maximum Gasteiger partial charge on any atom is 0.0522 e. The van der Waals surface area contributed by atoms with E-state index in [1.165, 1.54) is 24.8 Å². The van der Waals surface area contributed by atoms with Gasteiger partial charge in [-0.25, -0.2) is 0 Å². The fourth-order valence-corrected chi connectivity index (χ4v) is 3.11. The Balaban J connectivity index is 1.63. The highest BCUT2D eigenvalue weighted by molar-refractivity contribution is 6.18. The highest BCUT2D eigenvalue weighted by atomic mass is 35.5. The van der Waals surface area contributed by atoms with Crippen LogP contribution in [0, 0.1) is 11.8 Å². The van der Waals surface area contributed by atoms with Gasteiger partial charge in [-0.05, 0) is 49.8 Å². The summed E-state index contributed by atoms with van der Waals surface area (Å²) in [6.07, 6.45) is 9.10. The summed E-state index contributed by atoms with van der Waals surface area (Å²) in [7, 11) is 1.96. The van der Waals surface area contributed by atoms with Crippen molar-refractivity contribution in [2.45, 2.75) is 25.7 Å². The highest BCUT2D eigenvalue weighted by Crippen LogP contribution is 2.31. The number of halogens is 1. The lowest BCUT2D eigenvalue weighted by Crippen LogP contribution is -2.27. The summed E-state index contributed by atoms with van der Waals surface area (Å²) < 4.78 is 1.86. The van der Waals surface area contributed by atoms with Crippen molar-refractivity contribution in [3.8, 4) is 0 Å². The van der Waals surface area contributed by atoms with Crippen molar-refractivity contribution in [3.63, 3.8) is 0 Å². The summed E-state index contributed by atoms with van der Waals surface area (Å²) in [6.45, 7) is 2.16. The number of nitrogens with one attached hydrogen (secondary N) is 1. The number of nitrogens with zero attached hydrogens (tertiary/aromatic N) is 2. The molecule has 96 valence electrons. The van der Waals surface area contributed by atoms with E-state index in [0.29, 0.717) is 0 Å². The van der Waals surface area contributed by atoms with E-state index in [1.54, 1.807) is 0 Å². The minimum Gasteiger partial charge on any atom is -0.316 e. The average Bonchev–Trinajstić information content (AvgIpc) is 2.93. The molecular weight excluding hydrogens is 234 g/mol. The van der Waals surface area contributed by atoms with Crippen LogP contribution in [0.25, 0.3) is 0 Å². The van der Waals surface area contributed by atoms with Crippen molar-refractivity contribution in [1.82, 2.24) is 15.1 Å². The van der Waals surface area contributed by atoms with Gasteiger partial charge in [0.05, 0.1) is 6.20 Å². The van der Waals surface area contributed by atoms with Gasteiger partial charge in [-0.1, -0.05) is 6.42 Å². The first-order valence-corrected chi connectivity index (χ1v) is 7.07. The Morgan fingerprint density at radius 3 is 3.00 bits per heavy atom. The van der Waals surface area contributed by atoms with Gasteiger partial charge < -0.3 is 5.32 Å². The number of aryl methyl sites for hydroxylation is 1. The Morgan fingerprint density at radius 2 is 2.29 bits per heavy atom. The van der Waals surface area contributed by atoms with E-state index in [9.17, 15) is 0 Å². The fraction of sp³-hybridized carbons (Fsp3) is 0.769. The third-order valence-corrected chi connectivity index (χ3v) is 4.17. The van der Waals surface area contributed by atoms with Crippen LogP contribution in [0.5, 0.6) is 0 Å². The molecule has 1 aromatic rings. The Kier molecular flexibility index (Phi) is 4.86. The molecule has 0 aromatic carbocycles. The second kappa shape index (κ2) is 6.41. The Hall–Kier alpha value is -0.540. The molecule has 4 heteroatoms. The quantitative estimate of drug-likeness (QED) is 0.624. The van der Waals surface area contributed by atoms with Crippen LogP contribution in [0.15, 0.2) is 12.4 Å². The standard InChI is InChI=1S/C13H22ClN3/c1-17-10-11(8-16-17)5-6-15-9-13-4-2-3-12(13)7-14/h8,10,12-13,15H,2-7,9H2,1H3. The zero-order valence-corrected chi connectivity index (χ0v) is 11.3. The Bertz CT molecular complexity index is 337. The van der Waals surface area contributed by atoms with Crippen molar-refractivity contribution in [2.75, 3.05) is 19.0 Å². The number of rotatable bonds is 6. The summed E-state index contributed by atoms with van der Waals surface area (Å²) >= 11 is 5.98. The largest absolute Gasteiger partial charge is 0.316 e. The van der Waals surface area contributed by atoms with Crippen LogP contribution in [0.3, 0.4) is 0 Å². The molecule has 0 bridgehead atoms. The van der Waals surface area contributed by atoms with Crippen molar-refractivity contribution in [2.24, 2.45) is 18.9 Å². The average molecular weight is 256 g/mol. The Morgan fingerprint density at radius 1 is 1.47 bits per heavy atom. The summed E-state index contributed by atoms with van der Waals surface area (Å²) in [4.78, 5) is 0. The van der Waals surface area contributed by atoms with Gasteiger partial charge in [0.1, 0.15) is 0 Å². The third kappa shape index (κ3) is 3.71. The molecule has 2 unspecified atom stereocenters. The minimum atomic E-state index is 0.738. The van der Waals surface area contributed by atoms with Crippen LogP contribution >= 0.6 is 11.6 Å². The monoisotopic (exact) mass is 255 g/mol. The van der Waals surface area contributed by atoms with E-state index in [4.69, 9.17) is 11.6 Å². The van der Waals surface area contributed by atoms with E-state index in [-0.39, 0.29) is 0 Å². The Labute approximate surface area is 109 Å². The topological polar surface area (TPSA) is 29.9 Å². The summed E-state index contributed by atoms with van der Waals surface area (Å²) in [6, 6.07) is 0. The predicted molar refractivity (Wildman–Crippen MR) is 71.3 cm³/mol. The van der Waals surface area contributed by atoms with Crippen molar-refractivity contribution >= 4 is 11.6 Å². The molecule has 2 atom stereocenters. The van der Waals surface area contributed by atoms with Crippen LogP contribution in [-0.2, 0) is 13.5 Å². The zero-order valence-electron chi connectivity index (χ0n) is 10.5. The molecule has 1 saturated carbocycles. The first-order valence-electron chi connectivity index (χ1n) is 6.54. The summed E-state index contributed by atoms with van der Waals surface area (Å²) in [5.41, 5.74) is 1.31. The molecular formula is C13H22ClN3. The normalized spacial score (nSPS) is 24.4. The van der Waals surface area contributed by atoms with Crippen molar-refractivity contribution < 1.29 is 0 Å². The van der Waals surface area contributed by atoms with Gasteiger partial charge in [-0.2, -0.15) is 5.10 Å². The molecule has 1 aliphatic rings. The van der Waals surface area contributed by atoms with Crippen LogP contribution < -0.4 is 5.32 Å². The number of hydrogen-bond acceptors (Lipinski definition) is 2. The fourth-order valence-electron chi connectivity index (χ4n) is 2.71. The molecule has 1 fully saturated rings. The van der Waals surface area contributed by atoms with Gasteiger partial charge >= 0.3 is 0 Å². The SMILES string of the molecule is Cn1cc(CCNCC2CCCC2CCl)cn1. The van der Waals surface area contributed by atoms with Gasteiger partial charge in [0.15, 0.2) is 0 Å². The maximum atomic E-state index is 5.98. The van der Waals surface area contributed by atoms with Crippen LogP contribution in [0.1, 0.15) is 24.8 Å². The number of hydrogen-bond donors (Lipinski definition) is 1.